The third kappa shape index (κ3) is 3.63. The minimum absolute atomic E-state index is 0.0885. The summed E-state index contributed by atoms with van der Waals surface area (Å²) in [5, 5.41) is 0.847. The second-order valence-corrected chi connectivity index (χ2v) is 5.83. The number of nitrogens with two attached hydrogens (primary N) is 1. The highest BCUT2D eigenvalue weighted by atomic mass is 32.1. The van der Waals surface area contributed by atoms with Gasteiger partial charge in [-0.25, -0.2) is 0 Å². The topological polar surface area (TPSA) is 49.6 Å². The van der Waals surface area contributed by atoms with Gasteiger partial charge in [-0.1, -0.05) is 0 Å². The number of ketones is 1. The van der Waals surface area contributed by atoms with E-state index in [1.807, 2.05) is 4.90 Å². The van der Waals surface area contributed by atoms with Gasteiger partial charge in [-0.2, -0.15) is 13.2 Å². The van der Waals surface area contributed by atoms with Crippen LogP contribution >= 0.6 is 11.3 Å². The number of halogens is 3. The first-order valence-corrected chi connectivity index (χ1v) is 7.02. The molecule has 1 aromatic rings. The van der Waals surface area contributed by atoms with Crippen LogP contribution in [0.1, 0.15) is 16.6 Å². The van der Waals surface area contributed by atoms with Gasteiger partial charge in [0.05, 0.1) is 22.1 Å². The number of thiophene rings is 1. The molecule has 4 nitrogen and oxygen atoms in total. The van der Waals surface area contributed by atoms with Gasteiger partial charge in [0.25, 0.3) is 0 Å². The van der Waals surface area contributed by atoms with Gasteiger partial charge in [-0.3, -0.25) is 9.69 Å². The molecule has 0 spiro atoms. The van der Waals surface area contributed by atoms with Crippen molar-refractivity contribution < 1.29 is 18.0 Å². The smallest absolute Gasteiger partial charge is 0.397 e. The molecule has 1 aliphatic heterocycles. The van der Waals surface area contributed by atoms with Crippen LogP contribution < -0.4 is 10.6 Å². The Morgan fingerprint density at radius 2 is 1.95 bits per heavy atom. The van der Waals surface area contributed by atoms with Crippen LogP contribution in [0.2, 0.25) is 0 Å². The van der Waals surface area contributed by atoms with Crippen molar-refractivity contribution in [1.29, 1.82) is 0 Å². The second-order valence-electron chi connectivity index (χ2n) is 4.80. The molecule has 0 bridgehead atoms. The number of anilines is 2. The van der Waals surface area contributed by atoms with Crippen molar-refractivity contribution in [3.8, 4) is 0 Å². The zero-order chi connectivity index (χ0) is 14.9. The number of rotatable bonds is 3. The van der Waals surface area contributed by atoms with Crippen molar-refractivity contribution >= 4 is 27.8 Å². The van der Waals surface area contributed by atoms with Gasteiger partial charge in [0, 0.05) is 33.1 Å². The lowest BCUT2D eigenvalue weighted by Crippen LogP contribution is -2.49. The first-order chi connectivity index (χ1) is 9.26. The fourth-order valence-electron chi connectivity index (χ4n) is 2.20. The van der Waals surface area contributed by atoms with Crippen LogP contribution in [-0.2, 0) is 0 Å². The van der Waals surface area contributed by atoms with E-state index in [9.17, 15) is 18.0 Å². The van der Waals surface area contributed by atoms with Crippen LogP contribution in [0.5, 0.6) is 0 Å². The van der Waals surface area contributed by atoms with Crippen molar-refractivity contribution in [2.45, 2.75) is 13.1 Å². The Bertz CT molecular complexity index is 493. The van der Waals surface area contributed by atoms with E-state index in [2.05, 4.69) is 0 Å². The summed E-state index contributed by atoms with van der Waals surface area (Å²) < 4.78 is 36.9. The van der Waals surface area contributed by atoms with Crippen LogP contribution in [0.4, 0.5) is 23.9 Å². The summed E-state index contributed by atoms with van der Waals surface area (Å²) >= 11 is 1.30. The average Bonchev–Trinajstić information content (AvgIpc) is 2.70. The van der Waals surface area contributed by atoms with E-state index in [-0.39, 0.29) is 5.78 Å². The third-order valence-corrected chi connectivity index (χ3v) is 4.47. The summed E-state index contributed by atoms with van der Waals surface area (Å²) in [7, 11) is 0. The lowest BCUT2D eigenvalue weighted by Gasteiger charge is -2.35. The molecule has 8 heteroatoms. The zero-order valence-electron chi connectivity index (χ0n) is 11.0. The van der Waals surface area contributed by atoms with E-state index in [1.165, 1.54) is 23.2 Å². The maximum Gasteiger partial charge on any atom is 0.401 e. The van der Waals surface area contributed by atoms with Crippen LogP contribution in [-0.4, -0.2) is 49.6 Å². The molecule has 2 N–H and O–H groups in total. The summed E-state index contributed by atoms with van der Waals surface area (Å²) in [4.78, 5) is 15.2. The summed E-state index contributed by atoms with van der Waals surface area (Å²) in [6.07, 6.45) is -4.16. The fourth-order valence-corrected chi connectivity index (χ4v) is 3.23. The quantitative estimate of drug-likeness (QED) is 0.870. The van der Waals surface area contributed by atoms with Gasteiger partial charge in [0.1, 0.15) is 0 Å². The number of hydrogen-bond donors (Lipinski definition) is 1. The molecule has 2 rings (SSSR count). The molecule has 20 heavy (non-hydrogen) atoms. The Kier molecular flexibility index (Phi) is 4.24. The van der Waals surface area contributed by atoms with E-state index < -0.39 is 12.7 Å². The normalized spacial score (nSPS) is 17.5. The van der Waals surface area contributed by atoms with Crippen LogP contribution in [0.3, 0.4) is 0 Å². The van der Waals surface area contributed by atoms with Crippen molar-refractivity contribution in [2.24, 2.45) is 0 Å². The third-order valence-electron chi connectivity index (χ3n) is 3.15. The van der Waals surface area contributed by atoms with Crippen molar-refractivity contribution in [3.05, 3.63) is 10.9 Å². The van der Waals surface area contributed by atoms with Crippen molar-refractivity contribution in [2.75, 3.05) is 43.4 Å². The Labute approximate surface area is 119 Å². The molecule has 0 aromatic carbocycles. The van der Waals surface area contributed by atoms with E-state index in [4.69, 9.17) is 5.73 Å². The molecule has 0 radical (unpaired) electrons. The van der Waals surface area contributed by atoms with E-state index >= 15 is 0 Å². The van der Waals surface area contributed by atoms with Gasteiger partial charge >= 0.3 is 6.18 Å². The number of Topliss-reactive ketones (excluding diaryl/α,β-unsaturated/α-hetero) is 1. The second kappa shape index (κ2) is 5.61. The minimum Gasteiger partial charge on any atom is -0.397 e. The first-order valence-electron chi connectivity index (χ1n) is 6.20. The SMILES string of the molecule is CC(=O)c1sc(N2CCN(CC(F)(F)F)CC2)cc1N. The molecule has 1 fully saturated rings. The van der Waals surface area contributed by atoms with Crippen molar-refractivity contribution in [3.63, 3.8) is 0 Å². The predicted octanol–water partition coefficient (Wildman–Crippen LogP) is 2.22. The van der Waals surface area contributed by atoms with Crippen LogP contribution in [0.15, 0.2) is 6.07 Å². The molecule has 0 saturated carbocycles. The number of alkyl halides is 3. The van der Waals surface area contributed by atoms with E-state index in [0.717, 1.165) is 5.00 Å². The number of nitrogens with zero attached hydrogens (tertiary/aromatic N) is 2. The number of hydrogen-bond acceptors (Lipinski definition) is 5. The van der Waals surface area contributed by atoms with Gasteiger partial charge < -0.3 is 10.6 Å². The Hall–Kier alpha value is -1.28. The summed E-state index contributed by atoms with van der Waals surface area (Å²) in [5.74, 6) is -0.0885. The first kappa shape index (κ1) is 15.1. The summed E-state index contributed by atoms with van der Waals surface area (Å²) in [6, 6.07) is 1.72. The molecule has 1 aliphatic rings. The predicted molar refractivity (Wildman–Crippen MR) is 73.4 cm³/mol. The fraction of sp³-hybridized carbons (Fsp3) is 0.583. The maximum absolute atomic E-state index is 12.3. The highest BCUT2D eigenvalue weighted by Gasteiger charge is 2.32. The number of carbonyl (C=O) groups is 1. The lowest BCUT2D eigenvalue weighted by atomic mass is 10.3. The Balaban J connectivity index is 1.97. The minimum atomic E-state index is -4.16. The lowest BCUT2D eigenvalue weighted by molar-refractivity contribution is -0.146. The molecular weight excluding hydrogens is 291 g/mol. The van der Waals surface area contributed by atoms with Gasteiger partial charge in [0.15, 0.2) is 5.78 Å². The van der Waals surface area contributed by atoms with Crippen LogP contribution in [0.25, 0.3) is 0 Å². The van der Waals surface area contributed by atoms with E-state index in [1.54, 1.807) is 6.07 Å². The summed E-state index contributed by atoms with van der Waals surface area (Å²) in [6.45, 7) is 2.31. The standard InChI is InChI=1S/C12H16F3N3OS/c1-8(19)11-9(16)6-10(20-11)18-4-2-17(3-5-18)7-12(13,14)15/h6H,2-5,7,16H2,1H3. The summed E-state index contributed by atoms with van der Waals surface area (Å²) in [5.41, 5.74) is 6.20. The average molecular weight is 307 g/mol. The number of piperazine rings is 1. The van der Waals surface area contributed by atoms with Gasteiger partial charge in [-0.15, -0.1) is 11.3 Å². The highest BCUT2D eigenvalue weighted by Crippen LogP contribution is 2.33. The molecule has 0 unspecified atom stereocenters. The van der Waals surface area contributed by atoms with Gasteiger partial charge in [0.2, 0.25) is 0 Å². The molecule has 0 aliphatic carbocycles. The monoisotopic (exact) mass is 307 g/mol. The van der Waals surface area contributed by atoms with Gasteiger partial charge in [-0.05, 0) is 6.07 Å². The maximum atomic E-state index is 12.3. The molecule has 0 amide bonds. The zero-order valence-corrected chi connectivity index (χ0v) is 11.9. The molecule has 0 atom stereocenters. The number of carbonyl (C=O) groups excluding carboxylic acids is 1. The number of nitrogen functional groups attached to an aromatic ring is 1. The molecule has 2 heterocycles. The van der Waals surface area contributed by atoms with Crippen LogP contribution in [0, 0.1) is 0 Å². The van der Waals surface area contributed by atoms with E-state index in [0.29, 0.717) is 36.7 Å². The molecule has 1 saturated heterocycles. The highest BCUT2D eigenvalue weighted by molar-refractivity contribution is 7.18. The molecule has 1 aromatic heterocycles. The molecular formula is C12H16F3N3OS. The van der Waals surface area contributed by atoms with Crippen molar-refractivity contribution in [1.82, 2.24) is 4.90 Å². The largest absolute Gasteiger partial charge is 0.401 e. The Morgan fingerprint density at radius 1 is 1.35 bits per heavy atom. The Morgan fingerprint density at radius 3 is 2.40 bits per heavy atom. The molecule has 112 valence electrons.